The number of halogens is 1. The quantitative estimate of drug-likeness (QED) is 0.746. The fourth-order valence-electron chi connectivity index (χ4n) is 2.24. The van der Waals surface area contributed by atoms with Crippen LogP contribution in [-0.4, -0.2) is 41.5 Å². The molecule has 4 heteroatoms. The fourth-order valence-corrected chi connectivity index (χ4v) is 2.50. The SMILES string of the molecule is CCC(CC)N(CCO)CC(=O)c1ccc(Br)cc1. The molecule has 19 heavy (non-hydrogen) atoms. The summed E-state index contributed by atoms with van der Waals surface area (Å²) in [5.74, 6) is 0.104. The number of carbonyl (C=O) groups excluding carboxylic acids is 1. The van der Waals surface area contributed by atoms with Crippen LogP contribution < -0.4 is 0 Å². The number of aliphatic hydroxyl groups excluding tert-OH is 1. The predicted octanol–water partition coefficient (Wildman–Crippen LogP) is 3.11. The molecule has 1 aromatic carbocycles. The highest BCUT2D eigenvalue weighted by molar-refractivity contribution is 9.10. The first-order valence-corrected chi connectivity index (χ1v) is 7.55. The minimum Gasteiger partial charge on any atom is -0.395 e. The molecule has 0 aromatic heterocycles. The third kappa shape index (κ3) is 5.05. The second kappa shape index (κ2) is 8.46. The van der Waals surface area contributed by atoms with Gasteiger partial charge in [0.25, 0.3) is 0 Å². The Hall–Kier alpha value is -0.710. The van der Waals surface area contributed by atoms with Crippen LogP contribution in [0.4, 0.5) is 0 Å². The molecule has 1 aromatic rings. The lowest BCUT2D eigenvalue weighted by Crippen LogP contribution is -2.40. The monoisotopic (exact) mass is 327 g/mol. The van der Waals surface area contributed by atoms with E-state index >= 15 is 0 Å². The lowest BCUT2D eigenvalue weighted by atomic mass is 10.1. The van der Waals surface area contributed by atoms with Crippen LogP contribution in [0.25, 0.3) is 0 Å². The maximum absolute atomic E-state index is 12.2. The summed E-state index contributed by atoms with van der Waals surface area (Å²) in [6.07, 6.45) is 1.98. The van der Waals surface area contributed by atoms with Crippen molar-refractivity contribution < 1.29 is 9.90 Å². The van der Waals surface area contributed by atoms with Gasteiger partial charge in [-0.1, -0.05) is 41.9 Å². The Balaban J connectivity index is 2.72. The number of aliphatic hydroxyl groups is 1. The Morgan fingerprint density at radius 1 is 1.26 bits per heavy atom. The highest BCUT2D eigenvalue weighted by Gasteiger charge is 2.18. The summed E-state index contributed by atoms with van der Waals surface area (Å²) in [7, 11) is 0. The van der Waals surface area contributed by atoms with Crippen molar-refractivity contribution in [1.29, 1.82) is 0 Å². The summed E-state index contributed by atoms with van der Waals surface area (Å²) in [6.45, 7) is 5.23. The summed E-state index contributed by atoms with van der Waals surface area (Å²) >= 11 is 3.36. The summed E-state index contributed by atoms with van der Waals surface area (Å²) in [6, 6.07) is 7.76. The Bertz CT molecular complexity index is 388. The Morgan fingerprint density at radius 3 is 2.32 bits per heavy atom. The van der Waals surface area contributed by atoms with Crippen molar-refractivity contribution in [1.82, 2.24) is 4.90 Å². The number of rotatable bonds is 8. The lowest BCUT2D eigenvalue weighted by molar-refractivity contribution is 0.0850. The lowest BCUT2D eigenvalue weighted by Gasteiger charge is -2.29. The van der Waals surface area contributed by atoms with E-state index in [9.17, 15) is 4.79 Å². The first-order valence-electron chi connectivity index (χ1n) is 6.76. The zero-order valence-corrected chi connectivity index (χ0v) is 13.2. The third-order valence-electron chi connectivity index (χ3n) is 3.36. The smallest absolute Gasteiger partial charge is 0.176 e. The molecule has 0 saturated heterocycles. The van der Waals surface area contributed by atoms with Gasteiger partial charge in [-0.3, -0.25) is 9.69 Å². The Morgan fingerprint density at radius 2 is 1.84 bits per heavy atom. The fraction of sp³-hybridized carbons (Fsp3) is 0.533. The number of ketones is 1. The normalized spacial score (nSPS) is 11.3. The molecule has 0 saturated carbocycles. The van der Waals surface area contributed by atoms with Gasteiger partial charge in [0.2, 0.25) is 0 Å². The van der Waals surface area contributed by atoms with Gasteiger partial charge in [-0.15, -0.1) is 0 Å². The number of carbonyl (C=O) groups is 1. The second-order valence-electron chi connectivity index (χ2n) is 4.59. The summed E-state index contributed by atoms with van der Waals surface area (Å²) < 4.78 is 0.969. The van der Waals surface area contributed by atoms with Crippen molar-refractivity contribution in [2.75, 3.05) is 19.7 Å². The highest BCUT2D eigenvalue weighted by atomic mass is 79.9. The van der Waals surface area contributed by atoms with E-state index in [1.165, 1.54) is 0 Å². The van der Waals surface area contributed by atoms with Crippen molar-refractivity contribution in [3.05, 3.63) is 34.3 Å². The molecule has 0 radical (unpaired) electrons. The van der Waals surface area contributed by atoms with E-state index in [0.29, 0.717) is 19.1 Å². The molecule has 0 fully saturated rings. The van der Waals surface area contributed by atoms with Gasteiger partial charge >= 0.3 is 0 Å². The summed E-state index contributed by atoms with van der Waals surface area (Å²) in [5, 5.41) is 9.14. The molecule has 0 unspecified atom stereocenters. The van der Waals surface area contributed by atoms with Crippen molar-refractivity contribution in [2.45, 2.75) is 32.7 Å². The van der Waals surface area contributed by atoms with Crippen LogP contribution >= 0.6 is 15.9 Å². The standard InChI is InChI=1S/C15H22BrNO2/c1-3-14(4-2)17(9-10-18)11-15(19)12-5-7-13(16)8-6-12/h5-8,14,18H,3-4,9-11H2,1-2H3. The molecule has 0 bridgehead atoms. The zero-order chi connectivity index (χ0) is 14.3. The molecule has 0 spiro atoms. The molecule has 0 heterocycles. The molecule has 0 aliphatic carbocycles. The number of Topliss-reactive ketones (excluding diaryl/α,β-unsaturated/α-hetero) is 1. The van der Waals surface area contributed by atoms with E-state index in [4.69, 9.17) is 5.11 Å². The minimum atomic E-state index is 0.0874. The number of hydrogen-bond acceptors (Lipinski definition) is 3. The number of hydrogen-bond donors (Lipinski definition) is 1. The van der Waals surface area contributed by atoms with Gasteiger partial charge in [0.05, 0.1) is 13.2 Å². The molecule has 0 aliphatic heterocycles. The zero-order valence-electron chi connectivity index (χ0n) is 11.6. The molecule has 106 valence electrons. The van der Waals surface area contributed by atoms with Crippen LogP contribution in [0, 0.1) is 0 Å². The molecular formula is C15H22BrNO2. The highest BCUT2D eigenvalue weighted by Crippen LogP contribution is 2.13. The van der Waals surface area contributed by atoms with Crippen LogP contribution in [0.1, 0.15) is 37.0 Å². The van der Waals surface area contributed by atoms with Gasteiger partial charge < -0.3 is 5.11 Å². The average Bonchev–Trinajstić information content (AvgIpc) is 2.41. The topological polar surface area (TPSA) is 40.5 Å². The first kappa shape index (κ1) is 16.3. The van der Waals surface area contributed by atoms with Crippen molar-refractivity contribution in [2.24, 2.45) is 0 Å². The van der Waals surface area contributed by atoms with E-state index in [0.717, 1.165) is 22.9 Å². The van der Waals surface area contributed by atoms with Crippen LogP contribution in [0.3, 0.4) is 0 Å². The Labute approximate surface area is 123 Å². The third-order valence-corrected chi connectivity index (χ3v) is 3.89. The van der Waals surface area contributed by atoms with E-state index in [2.05, 4.69) is 34.7 Å². The average molecular weight is 328 g/mol. The molecule has 3 nitrogen and oxygen atoms in total. The minimum absolute atomic E-state index is 0.0874. The second-order valence-corrected chi connectivity index (χ2v) is 5.51. The molecule has 0 aliphatic rings. The van der Waals surface area contributed by atoms with Crippen LogP contribution in [-0.2, 0) is 0 Å². The van der Waals surface area contributed by atoms with Crippen molar-refractivity contribution in [3.8, 4) is 0 Å². The van der Waals surface area contributed by atoms with Gasteiger partial charge in [0.15, 0.2) is 5.78 Å². The van der Waals surface area contributed by atoms with Crippen molar-refractivity contribution in [3.63, 3.8) is 0 Å². The largest absolute Gasteiger partial charge is 0.395 e. The molecule has 1 rings (SSSR count). The van der Waals surface area contributed by atoms with Crippen LogP contribution in [0.15, 0.2) is 28.7 Å². The van der Waals surface area contributed by atoms with Crippen LogP contribution in [0.5, 0.6) is 0 Å². The molecule has 0 atom stereocenters. The van der Waals surface area contributed by atoms with E-state index in [1.54, 1.807) is 0 Å². The molecular weight excluding hydrogens is 306 g/mol. The molecule has 1 N–H and O–H groups in total. The van der Waals surface area contributed by atoms with Gasteiger partial charge in [-0.05, 0) is 25.0 Å². The predicted molar refractivity (Wildman–Crippen MR) is 81.5 cm³/mol. The number of nitrogens with zero attached hydrogens (tertiary/aromatic N) is 1. The molecule has 0 amide bonds. The summed E-state index contributed by atoms with van der Waals surface area (Å²) in [4.78, 5) is 14.3. The van der Waals surface area contributed by atoms with Crippen molar-refractivity contribution >= 4 is 21.7 Å². The van der Waals surface area contributed by atoms with Gasteiger partial charge in [-0.2, -0.15) is 0 Å². The van der Waals surface area contributed by atoms with E-state index in [-0.39, 0.29) is 12.4 Å². The van der Waals surface area contributed by atoms with Gasteiger partial charge in [0.1, 0.15) is 0 Å². The van der Waals surface area contributed by atoms with Crippen LogP contribution in [0.2, 0.25) is 0 Å². The van der Waals surface area contributed by atoms with Gasteiger partial charge in [0, 0.05) is 22.6 Å². The van der Waals surface area contributed by atoms with Gasteiger partial charge in [-0.25, -0.2) is 0 Å². The maximum Gasteiger partial charge on any atom is 0.176 e. The number of benzene rings is 1. The Kier molecular flexibility index (Phi) is 7.28. The summed E-state index contributed by atoms with van der Waals surface area (Å²) in [5.41, 5.74) is 0.720. The first-order chi connectivity index (χ1) is 9.12. The maximum atomic E-state index is 12.2. The van der Waals surface area contributed by atoms with E-state index in [1.807, 2.05) is 24.3 Å². The van der Waals surface area contributed by atoms with E-state index < -0.39 is 0 Å².